The number of fused-ring (bicyclic) bond motifs is 3. The number of aryl methyl sites for hydroxylation is 1. The molecule has 0 spiro atoms. The fourth-order valence-corrected chi connectivity index (χ4v) is 6.59. The average molecular weight is 487 g/mol. The highest BCUT2D eigenvalue weighted by atomic mass is 32.1. The lowest BCUT2D eigenvalue weighted by Crippen LogP contribution is -2.65. The van der Waals surface area contributed by atoms with Crippen molar-refractivity contribution in [3.63, 3.8) is 0 Å². The summed E-state index contributed by atoms with van der Waals surface area (Å²) in [5.41, 5.74) is 0.925. The van der Waals surface area contributed by atoms with Crippen molar-refractivity contribution in [1.29, 1.82) is 0 Å². The van der Waals surface area contributed by atoms with Crippen molar-refractivity contribution in [1.82, 2.24) is 19.7 Å². The van der Waals surface area contributed by atoms with E-state index >= 15 is 0 Å². The Balaban J connectivity index is 1.64. The second kappa shape index (κ2) is 10.8. The summed E-state index contributed by atoms with van der Waals surface area (Å²) in [6, 6.07) is 4.47. The molecule has 0 saturated heterocycles. The van der Waals surface area contributed by atoms with Gasteiger partial charge in [-0.3, -0.25) is 9.59 Å². The van der Waals surface area contributed by atoms with Crippen molar-refractivity contribution < 1.29 is 9.59 Å². The van der Waals surface area contributed by atoms with Crippen molar-refractivity contribution in [3.05, 3.63) is 22.7 Å². The molecule has 0 radical (unpaired) electrons. The summed E-state index contributed by atoms with van der Waals surface area (Å²) in [7, 11) is 0. The molecule has 3 heterocycles. The van der Waals surface area contributed by atoms with E-state index in [1.165, 1.54) is 24.1 Å². The molecule has 188 valence electrons. The first kappa shape index (κ1) is 25.2. The predicted molar refractivity (Wildman–Crippen MR) is 141 cm³/mol. The van der Waals surface area contributed by atoms with Crippen molar-refractivity contribution in [2.75, 3.05) is 26.2 Å². The number of unbranched alkanes of at least 4 members (excludes halogenated alkanes) is 1. The molecule has 7 heteroatoms. The Kier molecular flexibility index (Phi) is 8.03. The summed E-state index contributed by atoms with van der Waals surface area (Å²) in [6.45, 7) is 12.4. The molecule has 1 aliphatic carbocycles. The van der Waals surface area contributed by atoms with Gasteiger partial charge < -0.3 is 19.7 Å². The Morgan fingerprint density at radius 1 is 1.18 bits per heavy atom. The molecule has 4 rings (SSSR count). The van der Waals surface area contributed by atoms with E-state index in [4.69, 9.17) is 0 Å². The van der Waals surface area contributed by atoms with E-state index in [1.807, 2.05) is 17.9 Å². The molecule has 1 aliphatic heterocycles. The van der Waals surface area contributed by atoms with Crippen LogP contribution >= 0.6 is 11.3 Å². The van der Waals surface area contributed by atoms with E-state index in [-0.39, 0.29) is 17.9 Å². The Labute approximate surface area is 208 Å². The molecule has 0 bridgehead atoms. The van der Waals surface area contributed by atoms with Gasteiger partial charge in [0.15, 0.2) is 0 Å². The summed E-state index contributed by atoms with van der Waals surface area (Å²) in [5.74, 6) is -0.0108. The Hall–Kier alpha value is -1.86. The number of nitrogens with zero attached hydrogens (tertiary/aromatic N) is 3. The monoisotopic (exact) mass is 486 g/mol. The van der Waals surface area contributed by atoms with Gasteiger partial charge in [-0.15, -0.1) is 11.3 Å². The number of hydrogen-bond acceptors (Lipinski definition) is 4. The number of carbonyl (C=O) groups excluding carboxylic acids is 2. The first-order valence-electron chi connectivity index (χ1n) is 13.4. The molecule has 0 aromatic carbocycles. The normalized spacial score (nSPS) is 21.4. The van der Waals surface area contributed by atoms with Crippen LogP contribution in [0.15, 0.2) is 12.1 Å². The number of amides is 2. The van der Waals surface area contributed by atoms with Gasteiger partial charge in [0, 0.05) is 24.0 Å². The maximum atomic E-state index is 13.9. The van der Waals surface area contributed by atoms with Gasteiger partial charge in [-0.1, -0.05) is 46.5 Å². The van der Waals surface area contributed by atoms with Crippen molar-refractivity contribution in [3.8, 4) is 0 Å². The van der Waals surface area contributed by atoms with Crippen LogP contribution in [0.25, 0.3) is 10.2 Å². The lowest BCUT2D eigenvalue weighted by Gasteiger charge is -2.45. The van der Waals surface area contributed by atoms with E-state index in [0.29, 0.717) is 13.1 Å². The standard InChI is InChI=1S/C27H42N4O2S/c1-5-8-14-29(7-3)15-16-31-25(32)23-18-24-22(17-21(6-2)34-24)30(23)19-27(31,4)26(33)28-20-12-10-9-11-13-20/h17-18,20H,5-16,19H2,1-4H3,(H,28,33). The minimum absolute atomic E-state index is 0.00259. The zero-order valence-corrected chi connectivity index (χ0v) is 22.3. The van der Waals surface area contributed by atoms with Crippen LogP contribution in [-0.2, 0) is 17.8 Å². The van der Waals surface area contributed by atoms with E-state index in [9.17, 15) is 9.59 Å². The van der Waals surface area contributed by atoms with Gasteiger partial charge in [0.2, 0.25) is 5.91 Å². The number of aromatic nitrogens is 1. The van der Waals surface area contributed by atoms with E-state index in [2.05, 4.69) is 41.6 Å². The number of thiophene rings is 1. The first-order chi connectivity index (χ1) is 16.4. The Morgan fingerprint density at radius 3 is 2.62 bits per heavy atom. The fraction of sp³-hybridized carbons (Fsp3) is 0.704. The third kappa shape index (κ3) is 4.92. The molecule has 2 aliphatic rings. The highest BCUT2D eigenvalue weighted by Crippen LogP contribution is 2.36. The Bertz CT molecular complexity index is 1010. The maximum Gasteiger partial charge on any atom is 0.271 e. The van der Waals surface area contributed by atoms with Gasteiger partial charge in [-0.25, -0.2) is 0 Å². The summed E-state index contributed by atoms with van der Waals surface area (Å²) in [4.78, 5) is 33.3. The molecule has 1 saturated carbocycles. The average Bonchev–Trinajstić information content (AvgIpc) is 3.40. The predicted octanol–water partition coefficient (Wildman–Crippen LogP) is 5.05. The first-order valence-corrected chi connectivity index (χ1v) is 14.2. The van der Waals surface area contributed by atoms with Gasteiger partial charge in [0.1, 0.15) is 11.2 Å². The number of hydrogen-bond donors (Lipinski definition) is 1. The molecule has 1 N–H and O–H groups in total. The van der Waals surface area contributed by atoms with Crippen molar-refractivity contribution in [2.45, 2.75) is 97.2 Å². The Morgan fingerprint density at radius 2 is 1.94 bits per heavy atom. The van der Waals surface area contributed by atoms with E-state index < -0.39 is 5.54 Å². The molecule has 1 unspecified atom stereocenters. The second-order valence-corrected chi connectivity index (χ2v) is 11.4. The molecule has 1 fully saturated rings. The van der Waals surface area contributed by atoms with Gasteiger partial charge >= 0.3 is 0 Å². The smallest absolute Gasteiger partial charge is 0.271 e. The third-order valence-corrected chi connectivity index (χ3v) is 9.08. The van der Waals surface area contributed by atoms with Crippen LogP contribution in [0.4, 0.5) is 0 Å². The molecule has 2 aromatic heterocycles. The third-order valence-electron chi connectivity index (χ3n) is 7.86. The number of nitrogens with one attached hydrogen (secondary N) is 1. The molecule has 6 nitrogen and oxygen atoms in total. The summed E-state index contributed by atoms with van der Waals surface area (Å²) in [5, 5.41) is 3.35. The van der Waals surface area contributed by atoms with Crippen LogP contribution in [-0.4, -0.2) is 63.9 Å². The highest BCUT2D eigenvalue weighted by molar-refractivity contribution is 7.19. The highest BCUT2D eigenvalue weighted by Gasteiger charge is 2.48. The number of likely N-dealkylation sites (N-methyl/N-ethyl adjacent to an activating group) is 1. The number of rotatable bonds is 10. The summed E-state index contributed by atoms with van der Waals surface area (Å²) < 4.78 is 3.26. The molecular weight excluding hydrogens is 444 g/mol. The summed E-state index contributed by atoms with van der Waals surface area (Å²) >= 11 is 1.76. The quantitative estimate of drug-likeness (QED) is 0.511. The largest absolute Gasteiger partial charge is 0.351 e. The second-order valence-electron chi connectivity index (χ2n) is 10.3. The van der Waals surface area contributed by atoms with Gasteiger partial charge in [-0.2, -0.15) is 0 Å². The van der Waals surface area contributed by atoms with Gasteiger partial charge in [0.25, 0.3) is 5.91 Å². The van der Waals surface area contributed by atoms with E-state index in [0.717, 1.165) is 67.6 Å². The minimum atomic E-state index is -0.897. The SMILES string of the molecule is CCCCN(CC)CCN1C(=O)c2cc3sc(CC)cc3n2CC1(C)C(=O)NC1CCCCC1. The van der Waals surface area contributed by atoms with Crippen LogP contribution in [0.5, 0.6) is 0 Å². The van der Waals surface area contributed by atoms with Crippen LogP contribution in [0, 0.1) is 0 Å². The lowest BCUT2D eigenvalue weighted by atomic mass is 9.91. The van der Waals surface area contributed by atoms with Crippen LogP contribution < -0.4 is 5.32 Å². The zero-order chi connectivity index (χ0) is 24.3. The fourth-order valence-electron chi connectivity index (χ4n) is 5.55. The van der Waals surface area contributed by atoms with Crippen molar-refractivity contribution >= 4 is 33.4 Å². The maximum absolute atomic E-state index is 13.9. The molecular formula is C27H42N4O2S. The zero-order valence-electron chi connectivity index (χ0n) is 21.5. The molecule has 2 amide bonds. The van der Waals surface area contributed by atoms with Crippen LogP contribution in [0.3, 0.4) is 0 Å². The molecule has 1 atom stereocenters. The van der Waals surface area contributed by atoms with E-state index in [1.54, 1.807) is 11.3 Å². The van der Waals surface area contributed by atoms with Crippen molar-refractivity contribution in [2.24, 2.45) is 0 Å². The summed E-state index contributed by atoms with van der Waals surface area (Å²) in [6.07, 6.45) is 8.97. The molecule has 2 aromatic rings. The minimum Gasteiger partial charge on any atom is -0.351 e. The lowest BCUT2D eigenvalue weighted by molar-refractivity contribution is -0.133. The number of carbonyl (C=O) groups is 2. The van der Waals surface area contributed by atoms with Gasteiger partial charge in [0.05, 0.1) is 16.8 Å². The molecule has 34 heavy (non-hydrogen) atoms. The van der Waals surface area contributed by atoms with Crippen LogP contribution in [0.2, 0.25) is 0 Å². The van der Waals surface area contributed by atoms with Crippen LogP contribution in [0.1, 0.15) is 88.0 Å². The van der Waals surface area contributed by atoms with Gasteiger partial charge in [-0.05, 0) is 57.8 Å². The topological polar surface area (TPSA) is 57.6 Å².